The van der Waals surface area contributed by atoms with E-state index >= 15 is 0 Å². The highest BCUT2D eigenvalue weighted by Crippen LogP contribution is 2.34. The van der Waals surface area contributed by atoms with Crippen molar-refractivity contribution in [2.75, 3.05) is 33.3 Å². The third-order valence-corrected chi connectivity index (χ3v) is 4.21. The first-order valence-corrected chi connectivity index (χ1v) is 7.94. The van der Waals surface area contributed by atoms with Gasteiger partial charge in [-0.05, 0) is 18.1 Å². The number of hydrogen-bond donors (Lipinski definition) is 1. The van der Waals surface area contributed by atoms with E-state index in [0.717, 1.165) is 51.0 Å². The minimum absolute atomic E-state index is 0. The normalized spacial score (nSPS) is 15.8. The van der Waals surface area contributed by atoms with Gasteiger partial charge in [-0.15, -0.1) is 24.8 Å². The molecule has 8 heteroatoms. The molecule has 0 spiro atoms. The van der Waals surface area contributed by atoms with Crippen LogP contribution in [0.5, 0.6) is 5.75 Å². The van der Waals surface area contributed by atoms with Gasteiger partial charge in [0.15, 0.2) is 5.75 Å². The highest BCUT2D eigenvalue weighted by atomic mass is 35.5. The molecule has 1 N–H and O–H groups in total. The van der Waals surface area contributed by atoms with Crippen molar-refractivity contribution in [1.82, 2.24) is 10.2 Å². The summed E-state index contributed by atoms with van der Waals surface area (Å²) in [6.07, 6.45) is 3.27. The number of ether oxygens (including phenoxy) is 1. The quantitative estimate of drug-likeness (QED) is 0.579. The lowest BCUT2D eigenvalue weighted by Gasteiger charge is -2.35. The van der Waals surface area contributed by atoms with E-state index < -0.39 is 0 Å². The molecule has 1 saturated heterocycles. The zero-order valence-electron chi connectivity index (χ0n) is 14.2. The summed E-state index contributed by atoms with van der Waals surface area (Å²) in [6, 6.07) is 5.61. The zero-order chi connectivity index (χ0) is 15.9. The van der Waals surface area contributed by atoms with E-state index in [2.05, 4.69) is 17.1 Å². The topological polar surface area (TPSA) is 67.6 Å². The van der Waals surface area contributed by atoms with Crippen molar-refractivity contribution >= 4 is 30.5 Å². The number of halogens is 2. The molecule has 0 radical (unpaired) electrons. The number of nitro benzene ring substituents is 1. The van der Waals surface area contributed by atoms with Crippen LogP contribution in [0.2, 0.25) is 0 Å². The van der Waals surface area contributed by atoms with Gasteiger partial charge in [-0.1, -0.05) is 25.8 Å². The molecular formula is C16H27Cl2N3O3. The standard InChI is InChI=1S/C16H25N3O3.2ClH/c1-3-4-5-14(18-10-8-17-9-11-18)13-6-7-16(22-2)15(12-13)19(20)21;;/h6-7,12,14,17H,3-5,8-11H2,1-2H3;2*1H/t14-;;/m0../s1. The minimum Gasteiger partial charge on any atom is -0.490 e. The van der Waals surface area contributed by atoms with Crippen LogP contribution in [0.3, 0.4) is 0 Å². The lowest BCUT2D eigenvalue weighted by molar-refractivity contribution is -0.385. The van der Waals surface area contributed by atoms with Gasteiger partial charge in [0.2, 0.25) is 0 Å². The van der Waals surface area contributed by atoms with Crippen LogP contribution in [0, 0.1) is 10.1 Å². The highest BCUT2D eigenvalue weighted by Gasteiger charge is 2.25. The van der Waals surface area contributed by atoms with Crippen LogP contribution in [0.4, 0.5) is 5.69 Å². The van der Waals surface area contributed by atoms with Gasteiger partial charge in [0.25, 0.3) is 0 Å². The molecule has 6 nitrogen and oxygen atoms in total. The van der Waals surface area contributed by atoms with Crippen LogP contribution in [-0.4, -0.2) is 43.1 Å². The Labute approximate surface area is 155 Å². The Kier molecular flexibility index (Phi) is 11.0. The third kappa shape index (κ3) is 5.77. The van der Waals surface area contributed by atoms with E-state index in [1.165, 1.54) is 7.11 Å². The molecule has 1 heterocycles. The van der Waals surface area contributed by atoms with E-state index in [1.807, 2.05) is 6.07 Å². The van der Waals surface area contributed by atoms with Crippen LogP contribution in [-0.2, 0) is 0 Å². The van der Waals surface area contributed by atoms with Crippen LogP contribution >= 0.6 is 24.8 Å². The van der Waals surface area contributed by atoms with Crippen molar-refractivity contribution in [3.8, 4) is 5.75 Å². The Balaban J connectivity index is 0.00000264. The first kappa shape index (κ1) is 22.9. The van der Waals surface area contributed by atoms with Gasteiger partial charge in [0, 0.05) is 38.3 Å². The second-order valence-electron chi connectivity index (χ2n) is 5.63. The molecule has 1 atom stereocenters. The molecule has 0 aromatic heterocycles. The van der Waals surface area contributed by atoms with Gasteiger partial charge >= 0.3 is 5.69 Å². The Morgan fingerprint density at radius 3 is 2.54 bits per heavy atom. The maximum absolute atomic E-state index is 11.2. The summed E-state index contributed by atoms with van der Waals surface area (Å²) in [5, 5.41) is 14.6. The maximum atomic E-state index is 11.2. The first-order valence-electron chi connectivity index (χ1n) is 7.94. The fraction of sp³-hybridized carbons (Fsp3) is 0.625. The van der Waals surface area contributed by atoms with Crippen LogP contribution < -0.4 is 10.1 Å². The van der Waals surface area contributed by atoms with Crippen molar-refractivity contribution in [2.45, 2.75) is 32.2 Å². The maximum Gasteiger partial charge on any atom is 0.311 e. The van der Waals surface area contributed by atoms with Gasteiger partial charge in [-0.25, -0.2) is 0 Å². The summed E-state index contributed by atoms with van der Waals surface area (Å²) in [7, 11) is 1.47. The van der Waals surface area contributed by atoms with Gasteiger partial charge < -0.3 is 10.1 Å². The molecule has 2 rings (SSSR count). The number of piperazine rings is 1. The average Bonchev–Trinajstić information content (AvgIpc) is 2.56. The molecule has 1 aliphatic rings. The first-order chi connectivity index (χ1) is 10.7. The van der Waals surface area contributed by atoms with Gasteiger partial charge in [-0.3, -0.25) is 15.0 Å². The number of unbranched alkanes of at least 4 members (excludes halogenated alkanes) is 1. The molecular weight excluding hydrogens is 353 g/mol. The number of nitrogens with one attached hydrogen (secondary N) is 1. The lowest BCUT2D eigenvalue weighted by Crippen LogP contribution is -2.45. The number of rotatable bonds is 7. The smallest absolute Gasteiger partial charge is 0.311 e. The largest absolute Gasteiger partial charge is 0.490 e. The molecule has 1 aliphatic heterocycles. The van der Waals surface area contributed by atoms with E-state index in [9.17, 15) is 10.1 Å². The predicted octanol–water partition coefficient (Wildman–Crippen LogP) is 3.58. The Hall–Kier alpha value is -1.08. The fourth-order valence-electron chi connectivity index (χ4n) is 3.01. The summed E-state index contributed by atoms with van der Waals surface area (Å²) in [5.41, 5.74) is 1.07. The SMILES string of the molecule is CCCC[C@@H](c1ccc(OC)c([N+](=O)[O-])c1)N1CCNCC1.Cl.Cl. The molecule has 24 heavy (non-hydrogen) atoms. The second-order valence-corrected chi connectivity index (χ2v) is 5.63. The summed E-state index contributed by atoms with van der Waals surface area (Å²) in [5.74, 6) is 0.323. The average molecular weight is 380 g/mol. The van der Waals surface area contributed by atoms with Crippen molar-refractivity contribution in [3.63, 3.8) is 0 Å². The zero-order valence-corrected chi connectivity index (χ0v) is 15.8. The number of nitro groups is 1. The van der Waals surface area contributed by atoms with E-state index in [1.54, 1.807) is 12.1 Å². The molecule has 0 unspecified atom stereocenters. The molecule has 0 amide bonds. The molecule has 0 bridgehead atoms. The van der Waals surface area contributed by atoms with Crippen molar-refractivity contribution < 1.29 is 9.66 Å². The Bertz CT molecular complexity index is 511. The highest BCUT2D eigenvalue weighted by molar-refractivity contribution is 5.85. The van der Waals surface area contributed by atoms with Crippen LogP contribution in [0.25, 0.3) is 0 Å². The van der Waals surface area contributed by atoms with Gasteiger partial charge in [-0.2, -0.15) is 0 Å². The summed E-state index contributed by atoms with van der Waals surface area (Å²) in [4.78, 5) is 13.3. The molecule has 0 saturated carbocycles. The summed E-state index contributed by atoms with van der Waals surface area (Å²) in [6.45, 7) is 6.08. The van der Waals surface area contributed by atoms with Gasteiger partial charge in [0.1, 0.15) is 0 Å². The molecule has 1 aromatic rings. The minimum atomic E-state index is -0.364. The monoisotopic (exact) mass is 379 g/mol. The number of benzene rings is 1. The number of hydrogen-bond acceptors (Lipinski definition) is 5. The van der Waals surface area contributed by atoms with Gasteiger partial charge in [0.05, 0.1) is 12.0 Å². The van der Waals surface area contributed by atoms with E-state index in [4.69, 9.17) is 4.74 Å². The second kappa shape index (κ2) is 11.5. The van der Waals surface area contributed by atoms with Crippen molar-refractivity contribution in [3.05, 3.63) is 33.9 Å². The van der Waals surface area contributed by atoms with Crippen molar-refractivity contribution in [1.29, 1.82) is 0 Å². The third-order valence-electron chi connectivity index (χ3n) is 4.21. The Morgan fingerprint density at radius 1 is 1.33 bits per heavy atom. The summed E-state index contributed by atoms with van der Waals surface area (Å²) >= 11 is 0. The molecule has 138 valence electrons. The lowest BCUT2D eigenvalue weighted by atomic mass is 9.98. The van der Waals surface area contributed by atoms with E-state index in [0.29, 0.717) is 5.75 Å². The summed E-state index contributed by atoms with van der Waals surface area (Å²) < 4.78 is 5.10. The Morgan fingerprint density at radius 2 is 2.00 bits per heavy atom. The number of nitrogens with zero attached hydrogens (tertiary/aromatic N) is 2. The molecule has 0 aliphatic carbocycles. The van der Waals surface area contributed by atoms with Crippen LogP contribution in [0.1, 0.15) is 37.8 Å². The van der Waals surface area contributed by atoms with Crippen molar-refractivity contribution in [2.24, 2.45) is 0 Å². The number of methoxy groups -OCH3 is 1. The molecule has 1 fully saturated rings. The predicted molar refractivity (Wildman–Crippen MR) is 101 cm³/mol. The molecule has 1 aromatic carbocycles. The van der Waals surface area contributed by atoms with Crippen LogP contribution in [0.15, 0.2) is 18.2 Å². The fourth-order valence-corrected chi connectivity index (χ4v) is 3.01. The van der Waals surface area contributed by atoms with E-state index in [-0.39, 0.29) is 41.5 Å².